The van der Waals surface area contributed by atoms with Gasteiger partial charge in [-0.05, 0) is 25.0 Å². The lowest BCUT2D eigenvalue weighted by molar-refractivity contribution is 0.466. The average molecular weight is 379 g/mol. The van der Waals surface area contributed by atoms with E-state index in [1.54, 1.807) is 0 Å². The summed E-state index contributed by atoms with van der Waals surface area (Å²) in [5, 5.41) is 0. The first-order chi connectivity index (χ1) is 7.83. The summed E-state index contributed by atoms with van der Waals surface area (Å²) in [4.78, 5) is 6.65. The summed E-state index contributed by atoms with van der Waals surface area (Å²) in [6, 6.07) is 8.91. The number of rotatable bonds is 1. The van der Waals surface area contributed by atoms with Crippen LogP contribution in [0.5, 0.6) is 0 Å². The molecule has 2 N–H and O–H groups in total. The molecule has 0 atom stereocenters. The number of benzene rings is 1. The molecule has 4 nitrogen and oxygen atoms in total. The molecule has 100 valence electrons. The number of hydrogen-bond donors (Lipinski definition) is 1. The minimum absolute atomic E-state index is 0. The number of anilines is 1. The Morgan fingerprint density at radius 2 is 1.83 bits per heavy atom. The number of aromatic nitrogens is 1. The van der Waals surface area contributed by atoms with Gasteiger partial charge in [-0.25, -0.2) is 0 Å². The molecule has 0 unspecified atom stereocenters. The predicted molar refractivity (Wildman–Crippen MR) is 84.1 cm³/mol. The summed E-state index contributed by atoms with van der Waals surface area (Å²) in [6.45, 7) is 1.88. The summed E-state index contributed by atoms with van der Waals surface area (Å²) in [6.07, 6.45) is 2.03. The van der Waals surface area contributed by atoms with E-state index in [1.165, 1.54) is 0 Å². The van der Waals surface area contributed by atoms with Crippen molar-refractivity contribution in [3.05, 3.63) is 24.3 Å². The number of halogens is 2. The van der Waals surface area contributed by atoms with E-state index in [2.05, 4.69) is 9.88 Å². The summed E-state index contributed by atoms with van der Waals surface area (Å²) >= 11 is 0. The molecule has 0 saturated carbocycles. The molecule has 0 amide bonds. The van der Waals surface area contributed by atoms with E-state index in [1.807, 2.05) is 24.3 Å². The maximum Gasteiger partial charge on any atom is 0.298 e. The van der Waals surface area contributed by atoms with E-state index in [9.17, 15) is 0 Å². The van der Waals surface area contributed by atoms with Gasteiger partial charge in [0.1, 0.15) is 5.52 Å². The topological polar surface area (TPSA) is 55.3 Å². The van der Waals surface area contributed by atoms with Crippen LogP contribution >= 0.6 is 34.0 Å². The van der Waals surface area contributed by atoms with Gasteiger partial charge < -0.3 is 15.1 Å². The fourth-order valence-electron chi connectivity index (χ4n) is 2.09. The third kappa shape index (κ3) is 3.05. The molecule has 2 aromatic rings. The Morgan fingerprint density at radius 3 is 2.50 bits per heavy atom. The molecule has 0 bridgehead atoms. The van der Waals surface area contributed by atoms with Crippen molar-refractivity contribution >= 4 is 51.1 Å². The van der Waals surface area contributed by atoms with Crippen molar-refractivity contribution in [2.45, 2.75) is 18.9 Å². The lowest BCUT2D eigenvalue weighted by Crippen LogP contribution is -2.39. The Bertz CT molecular complexity index is 462. The van der Waals surface area contributed by atoms with E-state index in [4.69, 9.17) is 10.2 Å². The molecule has 1 saturated heterocycles. The SMILES string of the molecule is Br.Br.NC1CCN(c2nc3ccccc3o2)CC1. The molecule has 1 aliphatic rings. The molecule has 0 radical (unpaired) electrons. The molecule has 1 aromatic carbocycles. The Morgan fingerprint density at radius 1 is 1.17 bits per heavy atom. The van der Waals surface area contributed by atoms with Crippen molar-refractivity contribution in [3.63, 3.8) is 0 Å². The van der Waals surface area contributed by atoms with E-state index in [0.29, 0.717) is 6.04 Å². The molecule has 2 heterocycles. The first kappa shape index (κ1) is 15.5. The molecule has 0 spiro atoms. The largest absolute Gasteiger partial charge is 0.423 e. The van der Waals surface area contributed by atoms with Gasteiger partial charge in [0.25, 0.3) is 6.01 Å². The second-order valence-corrected chi connectivity index (χ2v) is 4.29. The van der Waals surface area contributed by atoms with Crippen molar-refractivity contribution in [2.24, 2.45) is 5.73 Å². The van der Waals surface area contributed by atoms with Crippen molar-refractivity contribution in [1.82, 2.24) is 4.98 Å². The third-order valence-electron chi connectivity index (χ3n) is 3.09. The molecule has 6 heteroatoms. The van der Waals surface area contributed by atoms with E-state index < -0.39 is 0 Å². The number of oxazole rings is 1. The van der Waals surface area contributed by atoms with Gasteiger partial charge in [0, 0.05) is 19.1 Å². The second-order valence-electron chi connectivity index (χ2n) is 4.29. The van der Waals surface area contributed by atoms with Gasteiger partial charge in [-0.2, -0.15) is 4.98 Å². The van der Waals surface area contributed by atoms with Crippen LogP contribution < -0.4 is 10.6 Å². The minimum Gasteiger partial charge on any atom is -0.423 e. The summed E-state index contributed by atoms with van der Waals surface area (Å²) in [7, 11) is 0. The molecular weight excluding hydrogens is 362 g/mol. The second kappa shape index (κ2) is 6.54. The summed E-state index contributed by atoms with van der Waals surface area (Å²) < 4.78 is 5.72. The molecule has 3 rings (SSSR count). The zero-order valence-corrected chi connectivity index (χ0v) is 13.3. The standard InChI is InChI=1S/C12H15N3O.2BrH/c13-9-5-7-15(8-6-9)12-14-10-3-1-2-4-11(10)16-12;;/h1-4,9H,5-8,13H2;2*1H. The molecule has 1 fully saturated rings. The first-order valence-corrected chi connectivity index (χ1v) is 5.69. The highest BCUT2D eigenvalue weighted by Crippen LogP contribution is 2.23. The molecule has 18 heavy (non-hydrogen) atoms. The summed E-state index contributed by atoms with van der Waals surface area (Å²) in [5.74, 6) is 0. The van der Waals surface area contributed by atoms with Gasteiger partial charge in [-0.3, -0.25) is 0 Å². The van der Waals surface area contributed by atoms with Gasteiger partial charge in [-0.1, -0.05) is 12.1 Å². The van der Waals surface area contributed by atoms with Crippen LogP contribution in [0.1, 0.15) is 12.8 Å². The maximum absolute atomic E-state index is 5.87. The van der Waals surface area contributed by atoms with Gasteiger partial charge in [0.2, 0.25) is 0 Å². The molecular formula is C12H17Br2N3O. The first-order valence-electron chi connectivity index (χ1n) is 5.69. The highest BCUT2D eigenvalue weighted by atomic mass is 79.9. The molecule has 1 aliphatic heterocycles. The Hall–Kier alpha value is -0.590. The van der Waals surface area contributed by atoms with E-state index in [0.717, 1.165) is 43.0 Å². The monoisotopic (exact) mass is 377 g/mol. The molecule has 0 aliphatic carbocycles. The number of fused-ring (bicyclic) bond motifs is 1. The minimum atomic E-state index is 0. The van der Waals surface area contributed by atoms with Crippen LogP contribution in [0.15, 0.2) is 28.7 Å². The summed E-state index contributed by atoms with van der Waals surface area (Å²) in [5.41, 5.74) is 7.65. The van der Waals surface area contributed by atoms with Gasteiger partial charge in [-0.15, -0.1) is 34.0 Å². The lowest BCUT2D eigenvalue weighted by Gasteiger charge is -2.28. The lowest BCUT2D eigenvalue weighted by atomic mass is 10.1. The van der Waals surface area contributed by atoms with Gasteiger partial charge >= 0.3 is 0 Å². The average Bonchev–Trinajstić information content (AvgIpc) is 2.73. The van der Waals surface area contributed by atoms with E-state index in [-0.39, 0.29) is 34.0 Å². The van der Waals surface area contributed by atoms with Gasteiger partial charge in [0.15, 0.2) is 5.58 Å². The normalized spacial score (nSPS) is 16.2. The number of hydrogen-bond acceptors (Lipinski definition) is 4. The fourth-order valence-corrected chi connectivity index (χ4v) is 2.09. The van der Waals surface area contributed by atoms with Crippen LogP contribution in [0.3, 0.4) is 0 Å². The Labute approximate surface area is 127 Å². The van der Waals surface area contributed by atoms with Crippen LogP contribution in [0, 0.1) is 0 Å². The van der Waals surface area contributed by atoms with Crippen LogP contribution in [0.25, 0.3) is 11.1 Å². The van der Waals surface area contributed by atoms with Crippen molar-refractivity contribution < 1.29 is 4.42 Å². The van der Waals surface area contributed by atoms with Gasteiger partial charge in [0.05, 0.1) is 0 Å². The zero-order chi connectivity index (χ0) is 11.0. The van der Waals surface area contributed by atoms with Crippen LogP contribution in [0.4, 0.5) is 6.01 Å². The Kier molecular flexibility index (Phi) is 5.62. The van der Waals surface area contributed by atoms with Crippen LogP contribution in [-0.4, -0.2) is 24.1 Å². The number of piperidine rings is 1. The third-order valence-corrected chi connectivity index (χ3v) is 3.09. The quantitative estimate of drug-likeness (QED) is 0.828. The van der Waals surface area contributed by atoms with Crippen molar-refractivity contribution in [3.8, 4) is 0 Å². The van der Waals surface area contributed by atoms with Crippen molar-refractivity contribution in [1.29, 1.82) is 0 Å². The van der Waals surface area contributed by atoms with E-state index >= 15 is 0 Å². The smallest absolute Gasteiger partial charge is 0.298 e. The Balaban J connectivity index is 0.000000810. The zero-order valence-electron chi connectivity index (χ0n) is 9.91. The highest BCUT2D eigenvalue weighted by Gasteiger charge is 2.20. The number of nitrogens with two attached hydrogens (primary N) is 1. The van der Waals surface area contributed by atoms with Crippen molar-refractivity contribution in [2.75, 3.05) is 18.0 Å². The number of nitrogens with zero attached hydrogens (tertiary/aromatic N) is 2. The van der Waals surface area contributed by atoms with Crippen LogP contribution in [-0.2, 0) is 0 Å². The number of para-hydroxylation sites is 2. The fraction of sp³-hybridized carbons (Fsp3) is 0.417. The van der Waals surface area contributed by atoms with Crippen LogP contribution in [0.2, 0.25) is 0 Å². The predicted octanol–water partition coefficient (Wildman–Crippen LogP) is 2.91. The molecule has 1 aromatic heterocycles. The highest BCUT2D eigenvalue weighted by molar-refractivity contribution is 8.93. The maximum atomic E-state index is 5.87.